The Morgan fingerprint density at radius 3 is 2.50 bits per heavy atom. The van der Waals surface area contributed by atoms with E-state index in [0.29, 0.717) is 11.2 Å². The van der Waals surface area contributed by atoms with Gasteiger partial charge in [-0.3, -0.25) is 4.39 Å². The first-order valence-electron chi connectivity index (χ1n) is 5.30. The van der Waals surface area contributed by atoms with Gasteiger partial charge in [-0.15, -0.1) is 0 Å². The van der Waals surface area contributed by atoms with E-state index < -0.39 is 0 Å². The average molecular weight is 220 g/mol. The van der Waals surface area contributed by atoms with Gasteiger partial charge >= 0.3 is 0 Å². The molecule has 4 heteroatoms. The summed E-state index contributed by atoms with van der Waals surface area (Å²) in [5.74, 6) is 0. The Hall–Kier alpha value is 0.200. The van der Waals surface area contributed by atoms with Crippen LogP contribution < -0.4 is 5.73 Å². The zero-order valence-corrected chi connectivity index (χ0v) is 9.78. The number of hydrogen-bond donors (Lipinski definition) is 1. The lowest BCUT2D eigenvalue weighted by molar-refractivity contribution is 0.195. The molecule has 1 aliphatic heterocycles. The summed E-state index contributed by atoms with van der Waals surface area (Å²) in [7, 11) is 0. The molecule has 0 radical (unpaired) electrons. The molecule has 0 saturated carbocycles. The molecule has 1 fully saturated rings. The van der Waals surface area contributed by atoms with Gasteiger partial charge in [-0.05, 0) is 38.6 Å². The molecule has 84 valence electrons. The maximum atomic E-state index is 12.0. The molecule has 0 spiro atoms. The lowest BCUT2D eigenvalue weighted by atomic mass is 9.96. The third-order valence-corrected chi connectivity index (χ3v) is 4.62. The number of thioether (sulfide) groups is 1. The Bertz CT molecular complexity index is 152. The van der Waals surface area contributed by atoms with Gasteiger partial charge in [-0.25, -0.2) is 0 Å². The van der Waals surface area contributed by atoms with E-state index in [-0.39, 0.29) is 6.67 Å². The molecule has 1 aliphatic rings. The second-order valence-corrected chi connectivity index (χ2v) is 5.25. The maximum absolute atomic E-state index is 12.0. The summed E-state index contributed by atoms with van der Waals surface area (Å²) >= 11 is 1.89. The molecule has 2 N–H and O–H groups in total. The van der Waals surface area contributed by atoms with Gasteiger partial charge in [0.15, 0.2) is 0 Å². The Kier molecular flexibility index (Phi) is 5.20. The van der Waals surface area contributed by atoms with Gasteiger partial charge < -0.3 is 10.6 Å². The Morgan fingerprint density at radius 2 is 2.07 bits per heavy atom. The molecule has 1 heterocycles. The number of halogens is 1. The van der Waals surface area contributed by atoms with E-state index in [9.17, 15) is 4.39 Å². The predicted octanol–water partition coefficient (Wildman–Crippen LogP) is 1.50. The molecule has 1 rings (SSSR count). The Labute approximate surface area is 90.4 Å². The fourth-order valence-corrected chi connectivity index (χ4v) is 2.72. The van der Waals surface area contributed by atoms with Gasteiger partial charge in [0.2, 0.25) is 0 Å². The molecule has 0 atom stereocenters. The highest BCUT2D eigenvalue weighted by atomic mass is 32.2. The number of nitrogens with two attached hydrogens (primary N) is 1. The SMILES string of the molecule is CSC1(CN)CCN(CCCF)CC1. The number of alkyl halides is 1. The van der Waals surface area contributed by atoms with Crippen molar-refractivity contribution in [1.82, 2.24) is 4.90 Å². The largest absolute Gasteiger partial charge is 0.329 e. The predicted molar refractivity (Wildman–Crippen MR) is 61.6 cm³/mol. The molecule has 0 unspecified atom stereocenters. The maximum Gasteiger partial charge on any atom is 0.0906 e. The summed E-state index contributed by atoms with van der Waals surface area (Å²) in [6, 6.07) is 0. The molecule has 0 bridgehead atoms. The zero-order chi connectivity index (χ0) is 10.4. The van der Waals surface area contributed by atoms with Crippen LogP contribution in [0.2, 0.25) is 0 Å². The molecule has 0 aliphatic carbocycles. The van der Waals surface area contributed by atoms with Gasteiger partial charge in [-0.1, -0.05) is 0 Å². The van der Waals surface area contributed by atoms with Crippen LogP contribution in [0.4, 0.5) is 4.39 Å². The summed E-state index contributed by atoms with van der Waals surface area (Å²) in [6.45, 7) is 3.65. The molecule has 0 aromatic carbocycles. The van der Waals surface area contributed by atoms with Gasteiger partial charge in [0.05, 0.1) is 6.67 Å². The van der Waals surface area contributed by atoms with Crippen LogP contribution in [-0.4, -0.2) is 48.8 Å². The monoisotopic (exact) mass is 220 g/mol. The van der Waals surface area contributed by atoms with Crippen molar-refractivity contribution in [1.29, 1.82) is 0 Å². The first-order chi connectivity index (χ1) is 6.76. The molecule has 0 amide bonds. The summed E-state index contributed by atoms with van der Waals surface area (Å²) in [6.07, 6.45) is 5.12. The van der Waals surface area contributed by atoms with E-state index in [4.69, 9.17) is 5.73 Å². The molecule has 14 heavy (non-hydrogen) atoms. The van der Waals surface area contributed by atoms with Crippen LogP contribution in [0.1, 0.15) is 19.3 Å². The molecule has 0 aromatic heterocycles. The van der Waals surface area contributed by atoms with Crippen LogP contribution in [0.25, 0.3) is 0 Å². The minimum Gasteiger partial charge on any atom is -0.329 e. The molecule has 0 aromatic rings. The standard InChI is InChI=1S/C10H21FN2S/c1-14-10(9-12)3-7-13(8-4-10)6-2-5-11/h2-9,12H2,1H3. The Balaban J connectivity index is 2.29. The molecule has 1 saturated heterocycles. The number of likely N-dealkylation sites (tertiary alicyclic amines) is 1. The molecular formula is C10H21FN2S. The van der Waals surface area contributed by atoms with Crippen molar-refractivity contribution >= 4 is 11.8 Å². The summed E-state index contributed by atoms with van der Waals surface area (Å²) < 4.78 is 12.3. The minimum atomic E-state index is -0.193. The van der Waals surface area contributed by atoms with E-state index in [1.165, 1.54) is 0 Å². The number of piperidine rings is 1. The van der Waals surface area contributed by atoms with Crippen molar-refractivity contribution in [3.05, 3.63) is 0 Å². The van der Waals surface area contributed by atoms with Crippen LogP contribution >= 0.6 is 11.8 Å². The number of hydrogen-bond acceptors (Lipinski definition) is 3. The quantitative estimate of drug-likeness (QED) is 0.761. The third-order valence-electron chi connectivity index (χ3n) is 3.18. The summed E-state index contributed by atoms with van der Waals surface area (Å²) in [5.41, 5.74) is 5.79. The van der Waals surface area contributed by atoms with Crippen LogP contribution in [0, 0.1) is 0 Å². The first kappa shape index (κ1) is 12.3. The van der Waals surface area contributed by atoms with Crippen LogP contribution in [-0.2, 0) is 0 Å². The average Bonchev–Trinajstić information content (AvgIpc) is 2.27. The molecule has 2 nitrogen and oxygen atoms in total. The van der Waals surface area contributed by atoms with Crippen molar-refractivity contribution in [3.8, 4) is 0 Å². The fraction of sp³-hybridized carbons (Fsp3) is 1.00. The van der Waals surface area contributed by atoms with Crippen molar-refractivity contribution in [2.24, 2.45) is 5.73 Å². The highest BCUT2D eigenvalue weighted by Crippen LogP contribution is 2.33. The van der Waals surface area contributed by atoms with Crippen molar-refractivity contribution < 1.29 is 4.39 Å². The van der Waals surface area contributed by atoms with E-state index in [2.05, 4.69) is 11.2 Å². The second-order valence-electron chi connectivity index (χ2n) is 3.98. The van der Waals surface area contributed by atoms with Gasteiger partial charge in [0.25, 0.3) is 0 Å². The van der Waals surface area contributed by atoms with Gasteiger partial charge in [-0.2, -0.15) is 11.8 Å². The van der Waals surface area contributed by atoms with Crippen molar-refractivity contribution in [2.75, 3.05) is 39.1 Å². The summed E-state index contributed by atoms with van der Waals surface area (Å²) in [4.78, 5) is 2.35. The number of rotatable bonds is 5. The van der Waals surface area contributed by atoms with E-state index in [1.54, 1.807) is 0 Å². The lowest BCUT2D eigenvalue weighted by Crippen LogP contribution is -2.46. The highest BCUT2D eigenvalue weighted by Gasteiger charge is 2.32. The van der Waals surface area contributed by atoms with Crippen molar-refractivity contribution in [2.45, 2.75) is 24.0 Å². The van der Waals surface area contributed by atoms with Crippen LogP contribution in [0.3, 0.4) is 0 Å². The zero-order valence-electron chi connectivity index (χ0n) is 8.97. The van der Waals surface area contributed by atoms with E-state index in [1.807, 2.05) is 11.8 Å². The van der Waals surface area contributed by atoms with E-state index in [0.717, 1.165) is 39.0 Å². The normalized spacial score (nSPS) is 22.5. The Morgan fingerprint density at radius 1 is 1.43 bits per heavy atom. The van der Waals surface area contributed by atoms with Gasteiger partial charge in [0.1, 0.15) is 0 Å². The minimum absolute atomic E-state index is 0.193. The first-order valence-corrected chi connectivity index (χ1v) is 6.52. The lowest BCUT2D eigenvalue weighted by Gasteiger charge is -2.40. The van der Waals surface area contributed by atoms with Crippen LogP contribution in [0.5, 0.6) is 0 Å². The third kappa shape index (κ3) is 3.11. The molecular weight excluding hydrogens is 199 g/mol. The smallest absolute Gasteiger partial charge is 0.0906 e. The number of nitrogens with zero attached hydrogens (tertiary/aromatic N) is 1. The topological polar surface area (TPSA) is 29.3 Å². The van der Waals surface area contributed by atoms with Gasteiger partial charge in [0, 0.05) is 17.8 Å². The second kappa shape index (κ2) is 5.93. The van der Waals surface area contributed by atoms with Crippen molar-refractivity contribution in [3.63, 3.8) is 0 Å². The van der Waals surface area contributed by atoms with E-state index >= 15 is 0 Å². The summed E-state index contributed by atoms with van der Waals surface area (Å²) in [5, 5.41) is 0. The fourth-order valence-electron chi connectivity index (χ4n) is 1.96. The van der Waals surface area contributed by atoms with Crippen LogP contribution in [0.15, 0.2) is 0 Å². The highest BCUT2D eigenvalue weighted by molar-refractivity contribution is 8.00.